The first-order valence-corrected chi connectivity index (χ1v) is 5.08. The second-order valence-corrected chi connectivity index (χ2v) is 4.10. The summed E-state index contributed by atoms with van der Waals surface area (Å²) in [4.78, 5) is 0. The molecule has 2 rings (SSSR count). The topological polar surface area (TPSA) is 20.2 Å². The van der Waals surface area contributed by atoms with Crippen molar-refractivity contribution in [3.63, 3.8) is 0 Å². The van der Waals surface area contributed by atoms with Crippen LogP contribution in [0.5, 0.6) is 0 Å². The lowest BCUT2D eigenvalue weighted by Gasteiger charge is -2.25. The molecule has 1 aromatic carbocycles. The summed E-state index contributed by atoms with van der Waals surface area (Å²) < 4.78 is 13.4. The molecule has 1 nitrogen and oxygen atoms in total. The van der Waals surface area contributed by atoms with Crippen molar-refractivity contribution in [2.45, 2.75) is 39.2 Å². The Kier molecular flexibility index (Phi) is 2.31. The van der Waals surface area contributed by atoms with Crippen LogP contribution in [-0.2, 0) is 6.42 Å². The molecule has 0 heterocycles. The van der Waals surface area contributed by atoms with Crippen molar-refractivity contribution >= 4 is 0 Å². The van der Waals surface area contributed by atoms with Crippen LogP contribution in [0.3, 0.4) is 0 Å². The van der Waals surface area contributed by atoms with Crippen molar-refractivity contribution in [3.8, 4) is 0 Å². The molecule has 76 valence electrons. The minimum Gasteiger partial charge on any atom is -0.388 e. The highest BCUT2D eigenvalue weighted by Gasteiger charge is 2.23. The molecule has 1 aromatic rings. The second kappa shape index (κ2) is 3.35. The van der Waals surface area contributed by atoms with Gasteiger partial charge in [0.1, 0.15) is 5.82 Å². The lowest BCUT2D eigenvalue weighted by molar-refractivity contribution is 0.155. The number of aliphatic hydroxyl groups is 1. The van der Waals surface area contributed by atoms with Crippen molar-refractivity contribution in [3.05, 3.63) is 34.1 Å². The number of aryl methyl sites for hydroxylation is 1. The Morgan fingerprint density at radius 1 is 1.43 bits per heavy atom. The Morgan fingerprint density at radius 3 is 2.86 bits per heavy atom. The standard InChI is InChI=1S/C12H15FO/c1-7-6-10(13)8(2)12-9(7)4-3-5-11(12)14/h6,11,14H,3-5H2,1-2H3. The summed E-state index contributed by atoms with van der Waals surface area (Å²) in [6.07, 6.45) is 2.27. The van der Waals surface area contributed by atoms with Gasteiger partial charge in [-0.3, -0.25) is 0 Å². The molecule has 0 fully saturated rings. The molecule has 1 aliphatic rings. The minimum atomic E-state index is -0.465. The second-order valence-electron chi connectivity index (χ2n) is 4.10. The van der Waals surface area contributed by atoms with E-state index in [9.17, 15) is 9.50 Å². The highest BCUT2D eigenvalue weighted by molar-refractivity contribution is 5.43. The van der Waals surface area contributed by atoms with Crippen LogP contribution in [0.25, 0.3) is 0 Å². The molecule has 0 aromatic heterocycles. The number of benzene rings is 1. The fraction of sp³-hybridized carbons (Fsp3) is 0.500. The zero-order valence-electron chi connectivity index (χ0n) is 8.60. The van der Waals surface area contributed by atoms with E-state index >= 15 is 0 Å². The molecular weight excluding hydrogens is 179 g/mol. The molecule has 0 spiro atoms. The van der Waals surface area contributed by atoms with E-state index in [0.29, 0.717) is 5.56 Å². The van der Waals surface area contributed by atoms with E-state index in [1.165, 1.54) is 0 Å². The van der Waals surface area contributed by atoms with Gasteiger partial charge in [-0.25, -0.2) is 4.39 Å². The molecule has 0 saturated heterocycles. The van der Waals surface area contributed by atoms with Gasteiger partial charge < -0.3 is 5.11 Å². The van der Waals surface area contributed by atoms with Gasteiger partial charge in [0.05, 0.1) is 6.10 Å². The highest BCUT2D eigenvalue weighted by Crippen LogP contribution is 2.35. The number of halogens is 1. The number of aliphatic hydroxyl groups excluding tert-OH is 1. The van der Waals surface area contributed by atoms with Crippen LogP contribution in [0.15, 0.2) is 6.07 Å². The van der Waals surface area contributed by atoms with Crippen LogP contribution in [0.2, 0.25) is 0 Å². The summed E-state index contributed by atoms with van der Waals surface area (Å²) in [7, 11) is 0. The zero-order chi connectivity index (χ0) is 10.3. The Bertz CT molecular complexity index is 371. The Balaban J connectivity index is 2.67. The van der Waals surface area contributed by atoms with E-state index in [1.807, 2.05) is 6.92 Å². The molecule has 1 atom stereocenters. The van der Waals surface area contributed by atoms with Gasteiger partial charge in [-0.05, 0) is 61.4 Å². The molecule has 1 N–H and O–H groups in total. The van der Waals surface area contributed by atoms with Crippen LogP contribution in [0.4, 0.5) is 4.39 Å². The summed E-state index contributed by atoms with van der Waals surface area (Å²) >= 11 is 0. The minimum absolute atomic E-state index is 0.192. The van der Waals surface area contributed by atoms with E-state index < -0.39 is 6.10 Å². The molecule has 14 heavy (non-hydrogen) atoms. The quantitative estimate of drug-likeness (QED) is 0.673. The maximum atomic E-state index is 13.4. The lowest BCUT2D eigenvalue weighted by Crippen LogP contribution is -2.13. The Hall–Kier alpha value is -0.890. The van der Waals surface area contributed by atoms with E-state index in [-0.39, 0.29) is 5.82 Å². The van der Waals surface area contributed by atoms with Crippen LogP contribution >= 0.6 is 0 Å². The van der Waals surface area contributed by atoms with Crippen LogP contribution < -0.4 is 0 Å². The smallest absolute Gasteiger partial charge is 0.126 e. The van der Waals surface area contributed by atoms with Crippen LogP contribution in [0, 0.1) is 19.7 Å². The van der Waals surface area contributed by atoms with Gasteiger partial charge in [0.25, 0.3) is 0 Å². The molecule has 0 bridgehead atoms. The first-order chi connectivity index (χ1) is 6.61. The third-order valence-electron chi connectivity index (χ3n) is 3.14. The summed E-state index contributed by atoms with van der Waals surface area (Å²) in [5, 5.41) is 9.82. The van der Waals surface area contributed by atoms with E-state index in [1.54, 1.807) is 13.0 Å². The molecule has 0 amide bonds. The Labute approximate surface area is 83.6 Å². The summed E-state index contributed by atoms with van der Waals surface area (Å²) in [6, 6.07) is 1.58. The van der Waals surface area contributed by atoms with E-state index in [0.717, 1.165) is 36.0 Å². The number of hydrogen-bond donors (Lipinski definition) is 1. The maximum absolute atomic E-state index is 13.4. The molecule has 1 unspecified atom stereocenters. The summed E-state index contributed by atoms with van der Waals surface area (Å²) in [5.41, 5.74) is 3.59. The predicted molar refractivity (Wildman–Crippen MR) is 53.8 cm³/mol. The highest BCUT2D eigenvalue weighted by atomic mass is 19.1. The van der Waals surface area contributed by atoms with Gasteiger partial charge >= 0.3 is 0 Å². The van der Waals surface area contributed by atoms with E-state index in [2.05, 4.69) is 0 Å². The van der Waals surface area contributed by atoms with E-state index in [4.69, 9.17) is 0 Å². The molecule has 0 aliphatic heterocycles. The van der Waals surface area contributed by atoms with Gasteiger partial charge in [-0.15, -0.1) is 0 Å². The van der Waals surface area contributed by atoms with Gasteiger partial charge in [-0.2, -0.15) is 0 Å². The average molecular weight is 194 g/mol. The Morgan fingerprint density at radius 2 is 2.14 bits per heavy atom. The van der Waals surface area contributed by atoms with Crippen molar-refractivity contribution in [1.82, 2.24) is 0 Å². The number of rotatable bonds is 0. The zero-order valence-corrected chi connectivity index (χ0v) is 8.60. The van der Waals surface area contributed by atoms with Crippen LogP contribution in [-0.4, -0.2) is 5.11 Å². The van der Waals surface area contributed by atoms with Gasteiger partial charge in [0.2, 0.25) is 0 Å². The predicted octanol–water partition coefficient (Wildman–Crippen LogP) is 2.81. The summed E-state index contributed by atoms with van der Waals surface area (Å²) in [5.74, 6) is -0.192. The number of hydrogen-bond acceptors (Lipinski definition) is 1. The molecule has 1 aliphatic carbocycles. The monoisotopic (exact) mass is 194 g/mol. The maximum Gasteiger partial charge on any atom is 0.126 e. The van der Waals surface area contributed by atoms with Gasteiger partial charge in [0.15, 0.2) is 0 Å². The summed E-state index contributed by atoms with van der Waals surface area (Å²) in [6.45, 7) is 3.67. The largest absolute Gasteiger partial charge is 0.388 e. The SMILES string of the molecule is Cc1cc(F)c(C)c2c1CCCC2O. The third kappa shape index (κ3) is 1.34. The molecule has 2 heteroatoms. The first kappa shape index (κ1) is 9.66. The molecule has 0 saturated carbocycles. The van der Waals surface area contributed by atoms with Crippen molar-refractivity contribution in [1.29, 1.82) is 0 Å². The van der Waals surface area contributed by atoms with Crippen molar-refractivity contribution in [2.24, 2.45) is 0 Å². The van der Waals surface area contributed by atoms with Crippen molar-refractivity contribution in [2.75, 3.05) is 0 Å². The normalized spacial score (nSPS) is 20.7. The average Bonchev–Trinajstić information content (AvgIpc) is 2.14. The fourth-order valence-electron chi connectivity index (χ4n) is 2.35. The fourth-order valence-corrected chi connectivity index (χ4v) is 2.35. The lowest BCUT2D eigenvalue weighted by atomic mass is 9.84. The molecule has 0 radical (unpaired) electrons. The van der Waals surface area contributed by atoms with Crippen LogP contribution in [0.1, 0.15) is 41.2 Å². The van der Waals surface area contributed by atoms with Crippen molar-refractivity contribution < 1.29 is 9.50 Å². The molecular formula is C12H15FO. The first-order valence-electron chi connectivity index (χ1n) is 5.08. The van der Waals surface area contributed by atoms with Gasteiger partial charge in [-0.1, -0.05) is 0 Å². The third-order valence-corrected chi connectivity index (χ3v) is 3.14. The number of fused-ring (bicyclic) bond motifs is 1. The van der Waals surface area contributed by atoms with Gasteiger partial charge in [0, 0.05) is 0 Å².